The largest absolute Gasteiger partial charge is 0.265 e. The minimum absolute atomic E-state index is 0.0340. The summed E-state index contributed by atoms with van der Waals surface area (Å²) in [7, 11) is 0. The Morgan fingerprint density at radius 2 is 2.06 bits per heavy atom. The second-order valence-electron chi connectivity index (χ2n) is 5.18. The van der Waals surface area contributed by atoms with E-state index in [-0.39, 0.29) is 5.54 Å². The van der Waals surface area contributed by atoms with Crippen molar-refractivity contribution in [1.29, 1.82) is 0 Å². The minimum Gasteiger partial charge on any atom is -0.265 e. The number of nitrogens with zero attached hydrogens (tertiary/aromatic N) is 2. The highest BCUT2D eigenvalue weighted by Crippen LogP contribution is 2.38. The summed E-state index contributed by atoms with van der Waals surface area (Å²) in [5.41, 5.74) is 0.0340. The molecule has 2 aromatic heterocycles. The molecule has 3 aromatic rings. The SMILES string of the molecule is CC(C)(C)n1cc2c(n1)sc1cccc(Br)c12. The van der Waals surface area contributed by atoms with E-state index in [0.29, 0.717) is 0 Å². The number of fused-ring (bicyclic) bond motifs is 3. The molecule has 2 nitrogen and oxygen atoms in total. The summed E-state index contributed by atoms with van der Waals surface area (Å²) >= 11 is 5.38. The highest BCUT2D eigenvalue weighted by Gasteiger charge is 2.18. The van der Waals surface area contributed by atoms with E-state index < -0.39 is 0 Å². The van der Waals surface area contributed by atoms with Crippen molar-refractivity contribution >= 4 is 47.6 Å². The molecule has 0 aliphatic rings. The van der Waals surface area contributed by atoms with Gasteiger partial charge in [0, 0.05) is 26.1 Å². The van der Waals surface area contributed by atoms with Crippen molar-refractivity contribution in [2.45, 2.75) is 26.3 Å². The van der Waals surface area contributed by atoms with Gasteiger partial charge >= 0.3 is 0 Å². The lowest BCUT2D eigenvalue weighted by atomic mass is 10.1. The fourth-order valence-corrected chi connectivity index (χ4v) is 3.68. The van der Waals surface area contributed by atoms with E-state index in [1.165, 1.54) is 15.5 Å². The number of hydrogen-bond donors (Lipinski definition) is 0. The normalized spacial score (nSPS) is 12.7. The first-order valence-corrected chi connectivity index (χ1v) is 7.14. The number of hydrogen-bond acceptors (Lipinski definition) is 2. The Hall–Kier alpha value is -0.870. The Kier molecular flexibility index (Phi) is 2.35. The molecule has 0 radical (unpaired) electrons. The zero-order chi connectivity index (χ0) is 12.2. The Morgan fingerprint density at radius 3 is 2.76 bits per heavy atom. The molecule has 0 saturated heterocycles. The number of halogens is 1. The molecule has 0 atom stereocenters. The number of thiophene rings is 1. The van der Waals surface area contributed by atoms with Crippen LogP contribution >= 0.6 is 27.3 Å². The third-order valence-electron chi connectivity index (χ3n) is 2.82. The van der Waals surface area contributed by atoms with Gasteiger partial charge in [0.25, 0.3) is 0 Å². The van der Waals surface area contributed by atoms with Gasteiger partial charge in [-0.3, -0.25) is 4.68 Å². The second kappa shape index (κ2) is 3.56. The van der Waals surface area contributed by atoms with Crippen LogP contribution in [0.2, 0.25) is 0 Å². The lowest BCUT2D eigenvalue weighted by molar-refractivity contribution is 0.358. The molecule has 88 valence electrons. The number of rotatable bonds is 0. The summed E-state index contributed by atoms with van der Waals surface area (Å²) in [6.07, 6.45) is 2.15. The predicted octanol–water partition coefficient (Wildman–Crippen LogP) is 4.77. The lowest BCUT2D eigenvalue weighted by Gasteiger charge is -2.18. The van der Waals surface area contributed by atoms with Gasteiger partial charge in [0.15, 0.2) is 0 Å². The Balaban J connectivity index is 2.39. The van der Waals surface area contributed by atoms with Gasteiger partial charge in [-0.25, -0.2) is 0 Å². The van der Waals surface area contributed by atoms with Crippen LogP contribution in [0, 0.1) is 0 Å². The van der Waals surface area contributed by atoms with E-state index >= 15 is 0 Å². The van der Waals surface area contributed by atoms with E-state index in [2.05, 4.69) is 66.2 Å². The van der Waals surface area contributed by atoms with Crippen LogP contribution in [0.5, 0.6) is 0 Å². The molecule has 17 heavy (non-hydrogen) atoms. The van der Waals surface area contributed by atoms with Crippen molar-refractivity contribution in [2.24, 2.45) is 0 Å². The summed E-state index contributed by atoms with van der Waals surface area (Å²) in [5, 5.41) is 7.20. The van der Waals surface area contributed by atoms with Crippen LogP contribution in [0.1, 0.15) is 20.8 Å². The first kappa shape index (κ1) is 11.2. The second-order valence-corrected chi connectivity index (χ2v) is 7.06. The summed E-state index contributed by atoms with van der Waals surface area (Å²) < 4.78 is 4.49. The molecule has 0 aliphatic carbocycles. The van der Waals surface area contributed by atoms with Crippen molar-refractivity contribution in [3.8, 4) is 0 Å². The first-order chi connectivity index (χ1) is 7.97. The van der Waals surface area contributed by atoms with E-state index in [1.54, 1.807) is 11.3 Å². The Bertz CT molecular complexity index is 703. The first-order valence-electron chi connectivity index (χ1n) is 5.54. The van der Waals surface area contributed by atoms with Crippen LogP contribution in [0.4, 0.5) is 0 Å². The zero-order valence-electron chi connectivity index (χ0n) is 9.99. The molecule has 2 heterocycles. The third kappa shape index (κ3) is 1.70. The average molecular weight is 309 g/mol. The molecule has 4 heteroatoms. The van der Waals surface area contributed by atoms with Gasteiger partial charge in [-0.15, -0.1) is 11.3 Å². The van der Waals surface area contributed by atoms with Crippen molar-refractivity contribution in [3.05, 3.63) is 28.9 Å². The molecule has 0 bridgehead atoms. The van der Waals surface area contributed by atoms with Gasteiger partial charge in [-0.05, 0) is 32.9 Å². The van der Waals surface area contributed by atoms with Gasteiger partial charge in [0.2, 0.25) is 0 Å². The van der Waals surface area contributed by atoms with Gasteiger partial charge < -0.3 is 0 Å². The van der Waals surface area contributed by atoms with Gasteiger partial charge in [0.05, 0.1) is 5.54 Å². The fourth-order valence-electron chi connectivity index (χ4n) is 1.90. The maximum Gasteiger partial charge on any atom is 0.146 e. The van der Waals surface area contributed by atoms with Crippen LogP contribution in [-0.4, -0.2) is 9.78 Å². The molecular formula is C13H13BrN2S. The predicted molar refractivity (Wildman–Crippen MR) is 77.8 cm³/mol. The molecule has 0 spiro atoms. The summed E-state index contributed by atoms with van der Waals surface area (Å²) in [6, 6.07) is 6.30. The highest BCUT2D eigenvalue weighted by molar-refractivity contribution is 9.10. The molecule has 0 saturated carbocycles. The maximum absolute atomic E-state index is 4.68. The van der Waals surface area contributed by atoms with E-state index in [0.717, 1.165) is 9.30 Å². The van der Waals surface area contributed by atoms with Crippen molar-refractivity contribution in [3.63, 3.8) is 0 Å². The number of aromatic nitrogens is 2. The standard InChI is InChI=1S/C13H13BrN2S/c1-13(2,3)16-7-8-11-9(14)5-4-6-10(11)17-12(8)15-16/h4-7H,1-3H3. The van der Waals surface area contributed by atoms with Gasteiger partial charge in [0.1, 0.15) is 4.83 Å². The van der Waals surface area contributed by atoms with Crippen LogP contribution < -0.4 is 0 Å². The molecule has 0 amide bonds. The lowest BCUT2D eigenvalue weighted by Crippen LogP contribution is -2.21. The van der Waals surface area contributed by atoms with Crippen LogP contribution in [0.3, 0.4) is 0 Å². The molecule has 0 aliphatic heterocycles. The van der Waals surface area contributed by atoms with Crippen molar-refractivity contribution < 1.29 is 0 Å². The molecule has 0 unspecified atom stereocenters. The smallest absolute Gasteiger partial charge is 0.146 e. The summed E-state index contributed by atoms with van der Waals surface area (Å²) in [5.74, 6) is 0. The van der Waals surface area contributed by atoms with Crippen LogP contribution in [0.25, 0.3) is 20.3 Å². The average Bonchev–Trinajstić information content (AvgIpc) is 2.72. The molecule has 0 fully saturated rings. The Labute approximate surface area is 112 Å². The monoisotopic (exact) mass is 308 g/mol. The van der Waals surface area contributed by atoms with Gasteiger partial charge in [-0.1, -0.05) is 22.0 Å². The van der Waals surface area contributed by atoms with Gasteiger partial charge in [-0.2, -0.15) is 5.10 Å². The van der Waals surface area contributed by atoms with Crippen molar-refractivity contribution in [2.75, 3.05) is 0 Å². The van der Waals surface area contributed by atoms with Crippen LogP contribution in [-0.2, 0) is 5.54 Å². The number of benzene rings is 1. The summed E-state index contributed by atoms with van der Waals surface area (Å²) in [4.78, 5) is 1.11. The highest BCUT2D eigenvalue weighted by atomic mass is 79.9. The maximum atomic E-state index is 4.68. The Morgan fingerprint density at radius 1 is 1.29 bits per heavy atom. The fraction of sp³-hybridized carbons (Fsp3) is 0.308. The van der Waals surface area contributed by atoms with Crippen LogP contribution in [0.15, 0.2) is 28.9 Å². The van der Waals surface area contributed by atoms with E-state index in [4.69, 9.17) is 0 Å². The topological polar surface area (TPSA) is 17.8 Å². The summed E-state index contributed by atoms with van der Waals surface area (Å²) in [6.45, 7) is 6.50. The molecule has 0 N–H and O–H groups in total. The third-order valence-corrected chi connectivity index (χ3v) is 4.53. The van der Waals surface area contributed by atoms with E-state index in [1.807, 2.05) is 4.68 Å². The molecule has 1 aromatic carbocycles. The van der Waals surface area contributed by atoms with E-state index in [9.17, 15) is 0 Å². The molecule has 3 rings (SSSR count). The van der Waals surface area contributed by atoms with Crippen molar-refractivity contribution in [1.82, 2.24) is 9.78 Å². The zero-order valence-corrected chi connectivity index (χ0v) is 12.4. The minimum atomic E-state index is 0.0340. The quantitative estimate of drug-likeness (QED) is 0.585. The molecular weight excluding hydrogens is 296 g/mol.